The van der Waals surface area contributed by atoms with Crippen molar-refractivity contribution < 1.29 is 24.5 Å². The molecule has 0 rings (SSSR count). The van der Waals surface area contributed by atoms with Gasteiger partial charge in [0.15, 0.2) is 0 Å². The number of hydrogen-bond donors (Lipinski definition) is 3. The van der Waals surface area contributed by atoms with E-state index < -0.39 is 18.2 Å². The van der Waals surface area contributed by atoms with Crippen LogP contribution in [0.25, 0.3) is 0 Å². The van der Waals surface area contributed by atoms with Crippen LogP contribution in [0.5, 0.6) is 0 Å². The second kappa shape index (κ2) is 44.1. The molecule has 0 saturated heterocycles. The predicted octanol–water partition coefficient (Wildman–Crippen LogP) is 13.6. The van der Waals surface area contributed by atoms with Gasteiger partial charge in [0.05, 0.1) is 25.2 Å². The first-order chi connectivity index (χ1) is 28.0. The van der Waals surface area contributed by atoms with Gasteiger partial charge in [-0.05, 0) is 57.8 Å². The molecule has 0 spiro atoms. The largest absolute Gasteiger partial charge is 0.462 e. The molecule has 57 heavy (non-hydrogen) atoms. The van der Waals surface area contributed by atoms with Gasteiger partial charge in [0.25, 0.3) is 0 Å². The third kappa shape index (κ3) is 39.6. The molecule has 3 atom stereocenters. The van der Waals surface area contributed by atoms with Crippen molar-refractivity contribution in [2.24, 2.45) is 0 Å². The zero-order valence-corrected chi connectivity index (χ0v) is 36.9. The molecule has 0 aliphatic carbocycles. The summed E-state index contributed by atoms with van der Waals surface area (Å²) in [4.78, 5) is 26.0. The average molecular weight is 794 g/mol. The maximum atomic E-state index is 13.1. The number of aliphatic hydroxyl groups excluding tert-OH is 2. The molecular formula is C51H87NO5. The maximum absolute atomic E-state index is 13.1. The van der Waals surface area contributed by atoms with Crippen LogP contribution in [-0.2, 0) is 14.3 Å². The summed E-state index contributed by atoms with van der Waals surface area (Å²) >= 11 is 0. The molecular weight excluding hydrogens is 707 g/mol. The van der Waals surface area contributed by atoms with E-state index in [1.165, 1.54) is 70.6 Å². The molecule has 6 nitrogen and oxygen atoms in total. The minimum Gasteiger partial charge on any atom is -0.462 e. The van der Waals surface area contributed by atoms with Crippen molar-refractivity contribution in [2.75, 3.05) is 6.61 Å². The van der Waals surface area contributed by atoms with Gasteiger partial charge in [-0.25, -0.2) is 0 Å². The minimum absolute atomic E-state index is 0.0190. The van der Waals surface area contributed by atoms with Gasteiger partial charge in [-0.2, -0.15) is 0 Å². The molecule has 3 N–H and O–H groups in total. The monoisotopic (exact) mass is 794 g/mol. The third-order valence-electron chi connectivity index (χ3n) is 10.1. The maximum Gasteiger partial charge on any atom is 0.306 e. The number of carbonyl (C=O) groups excluding carboxylic acids is 2. The molecule has 0 bridgehead atoms. The number of nitrogens with one attached hydrogen (secondary N) is 1. The van der Waals surface area contributed by atoms with E-state index >= 15 is 0 Å². The SMILES string of the molecule is CC/C=C/C=C/C=C\C=C/CCCC(CC(=O)NC(CO)C(O)CCCCCCCCCCCCCCCC)OC(=O)CCCCCCC\C=C/C=C/C=C/CC. The van der Waals surface area contributed by atoms with Crippen molar-refractivity contribution in [3.8, 4) is 0 Å². The van der Waals surface area contributed by atoms with E-state index in [4.69, 9.17) is 4.74 Å². The summed E-state index contributed by atoms with van der Waals surface area (Å²) in [5.74, 6) is -0.574. The van der Waals surface area contributed by atoms with E-state index in [1.54, 1.807) is 0 Å². The molecule has 0 aromatic carbocycles. The molecule has 1 amide bonds. The molecule has 0 heterocycles. The van der Waals surface area contributed by atoms with Crippen molar-refractivity contribution in [1.82, 2.24) is 5.32 Å². The summed E-state index contributed by atoms with van der Waals surface area (Å²) in [6.07, 6.45) is 56.5. The first-order valence-corrected chi connectivity index (χ1v) is 23.4. The summed E-state index contributed by atoms with van der Waals surface area (Å²) in [6, 6.07) is -0.730. The number of aliphatic hydroxyl groups is 2. The van der Waals surface area contributed by atoms with E-state index in [0.29, 0.717) is 19.3 Å². The van der Waals surface area contributed by atoms with Crippen molar-refractivity contribution in [2.45, 2.75) is 219 Å². The average Bonchev–Trinajstić information content (AvgIpc) is 3.20. The Balaban J connectivity index is 4.67. The molecule has 6 heteroatoms. The highest BCUT2D eigenvalue weighted by Crippen LogP contribution is 2.16. The van der Waals surface area contributed by atoms with Crippen molar-refractivity contribution in [3.05, 3.63) is 85.1 Å². The summed E-state index contributed by atoms with van der Waals surface area (Å²) in [5, 5.41) is 23.7. The number of unbranched alkanes of at least 4 members (excludes halogenated alkanes) is 19. The molecule has 0 aromatic rings. The summed E-state index contributed by atoms with van der Waals surface area (Å²) < 4.78 is 5.85. The second-order valence-corrected chi connectivity index (χ2v) is 15.5. The van der Waals surface area contributed by atoms with Gasteiger partial charge >= 0.3 is 5.97 Å². The Labute approximate surface area is 351 Å². The van der Waals surface area contributed by atoms with Crippen LogP contribution >= 0.6 is 0 Å². The Hall–Kier alpha value is -2.96. The standard InChI is InChI=1S/C51H87NO5/c1-4-7-10-13-16-19-22-24-26-28-31-34-37-40-43-49(54)48(46-53)52-50(55)45-47(42-39-36-33-30-27-21-18-15-12-9-6-3)57-51(56)44-41-38-35-32-29-25-23-20-17-14-11-8-5-2/h8-9,11-12,14-15,17-18,20-21,23,27,30,33,47-49,53-54H,4-7,10,13,16,19,22,24-26,28-29,31-32,34-46H2,1-3H3,(H,52,55)/b11-8+,12-9+,17-14+,18-15+,23-20-,27-21-,33-30-. The molecule has 3 unspecified atom stereocenters. The molecule has 0 aliphatic rings. The minimum atomic E-state index is -0.811. The number of amides is 1. The number of carbonyl (C=O) groups is 2. The first-order valence-electron chi connectivity index (χ1n) is 23.4. The first kappa shape index (κ1) is 54.0. The van der Waals surface area contributed by atoms with Gasteiger partial charge in [0.2, 0.25) is 5.91 Å². The van der Waals surface area contributed by atoms with Gasteiger partial charge in [-0.15, -0.1) is 0 Å². The third-order valence-corrected chi connectivity index (χ3v) is 10.1. The van der Waals surface area contributed by atoms with Gasteiger partial charge in [-0.1, -0.05) is 215 Å². The van der Waals surface area contributed by atoms with Crippen molar-refractivity contribution >= 4 is 11.9 Å². The summed E-state index contributed by atoms with van der Waals surface area (Å²) in [5.41, 5.74) is 0. The molecule has 326 valence electrons. The van der Waals surface area contributed by atoms with Crippen molar-refractivity contribution in [3.63, 3.8) is 0 Å². The lowest BCUT2D eigenvalue weighted by molar-refractivity contribution is -0.151. The molecule has 0 radical (unpaired) electrons. The number of ether oxygens (including phenoxy) is 1. The number of rotatable bonds is 40. The quantitative estimate of drug-likeness (QED) is 0.0326. The Bertz CT molecular complexity index is 1120. The lowest BCUT2D eigenvalue weighted by atomic mass is 10.0. The summed E-state index contributed by atoms with van der Waals surface area (Å²) in [6.45, 7) is 6.16. The fourth-order valence-corrected chi connectivity index (χ4v) is 6.62. The number of allylic oxidation sites excluding steroid dienone is 14. The van der Waals surface area contributed by atoms with Crippen LogP contribution in [0.3, 0.4) is 0 Å². The highest BCUT2D eigenvalue weighted by atomic mass is 16.5. The summed E-state index contributed by atoms with van der Waals surface area (Å²) in [7, 11) is 0. The van der Waals surface area contributed by atoms with Crippen LogP contribution in [0, 0.1) is 0 Å². The number of hydrogen-bond acceptors (Lipinski definition) is 5. The Morgan fingerprint density at radius 2 is 0.965 bits per heavy atom. The lowest BCUT2D eigenvalue weighted by Gasteiger charge is -2.24. The Kier molecular flexibility index (Phi) is 41.9. The van der Waals surface area contributed by atoms with Crippen molar-refractivity contribution in [1.29, 1.82) is 0 Å². The predicted molar refractivity (Wildman–Crippen MR) is 245 cm³/mol. The van der Waals surface area contributed by atoms with Crippen LogP contribution in [-0.4, -0.2) is 46.9 Å². The van der Waals surface area contributed by atoms with Crippen LogP contribution < -0.4 is 5.32 Å². The topological polar surface area (TPSA) is 95.9 Å². The molecule has 0 fully saturated rings. The smallest absolute Gasteiger partial charge is 0.306 e. The van der Waals surface area contributed by atoms with E-state index in [-0.39, 0.29) is 24.9 Å². The molecule has 0 aliphatic heterocycles. The fourth-order valence-electron chi connectivity index (χ4n) is 6.62. The number of esters is 1. The van der Waals surface area contributed by atoms with Gasteiger partial charge in [0, 0.05) is 6.42 Å². The van der Waals surface area contributed by atoms with Gasteiger partial charge in [0.1, 0.15) is 6.10 Å². The Morgan fingerprint density at radius 1 is 0.526 bits per heavy atom. The zero-order valence-electron chi connectivity index (χ0n) is 36.9. The van der Waals surface area contributed by atoms with Crippen LogP contribution in [0.15, 0.2) is 85.1 Å². The normalized spacial score (nSPS) is 14.1. The highest BCUT2D eigenvalue weighted by molar-refractivity contribution is 5.77. The van der Waals surface area contributed by atoms with E-state index in [2.05, 4.69) is 74.7 Å². The molecule has 0 saturated carbocycles. The Morgan fingerprint density at radius 3 is 1.47 bits per heavy atom. The fraction of sp³-hybridized carbons (Fsp3) is 0.686. The van der Waals surface area contributed by atoms with Gasteiger partial charge in [-0.3, -0.25) is 9.59 Å². The lowest BCUT2D eigenvalue weighted by Crippen LogP contribution is -2.46. The second-order valence-electron chi connectivity index (χ2n) is 15.5. The van der Waals surface area contributed by atoms with Crippen LogP contribution in [0.4, 0.5) is 0 Å². The van der Waals surface area contributed by atoms with E-state index in [0.717, 1.165) is 83.5 Å². The molecule has 0 aromatic heterocycles. The zero-order chi connectivity index (χ0) is 41.7. The van der Waals surface area contributed by atoms with Crippen LogP contribution in [0.1, 0.15) is 201 Å². The van der Waals surface area contributed by atoms with Crippen LogP contribution in [0.2, 0.25) is 0 Å². The van der Waals surface area contributed by atoms with E-state index in [1.807, 2.05) is 36.5 Å². The highest BCUT2D eigenvalue weighted by Gasteiger charge is 2.24. The van der Waals surface area contributed by atoms with E-state index in [9.17, 15) is 19.8 Å². The van der Waals surface area contributed by atoms with Gasteiger partial charge < -0.3 is 20.3 Å².